The van der Waals surface area contributed by atoms with Crippen LogP contribution in [0.15, 0.2) is 0 Å². The first kappa shape index (κ1) is 23.0. The molecule has 0 saturated carbocycles. The number of hydrogen-bond donors (Lipinski definition) is 8. The van der Waals surface area contributed by atoms with Gasteiger partial charge in [0.25, 0.3) is 5.78 Å². The summed E-state index contributed by atoms with van der Waals surface area (Å²) in [6.45, 7) is -1.06. The van der Waals surface area contributed by atoms with Crippen molar-refractivity contribution in [2.45, 2.75) is 42.7 Å². The lowest BCUT2D eigenvalue weighted by Crippen LogP contribution is -2.51. The van der Waals surface area contributed by atoms with Crippen LogP contribution in [-0.2, 0) is 23.9 Å². The van der Waals surface area contributed by atoms with Gasteiger partial charge in [0.1, 0.15) is 24.4 Å². The molecule has 13 nitrogen and oxygen atoms in total. The molecule has 0 unspecified atom stereocenters. The molecule has 0 aliphatic carbocycles. The number of rotatable bonds is 11. The van der Waals surface area contributed by atoms with E-state index in [-0.39, 0.29) is 6.29 Å². The fraction of sp³-hybridized carbons (Fsp3) is 0.667. The smallest absolute Gasteiger partial charge is 0.378 e. The number of carboxylic acids is 1. The Balaban J connectivity index is 5.01. The van der Waals surface area contributed by atoms with Gasteiger partial charge in [-0.25, -0.2) is 9.59 Å². The van der Waals surface area contributed by atoms with E-state index < -0.39 is 67.1 Å². The summed E-state index contributed by atoms with van der Waals surface area (Å²) in [7, 11) is 0. The van der Waals surface area contributed by atoms with Crippen LogP contribution in [0.3, 0.4) is 0 Å². The average molecular weight is 370 g/mol. The molecule has 0 aromatic carbocycles. The Kier molecular flexibility index (Phi) is 9.29. The van der Waals surface area contributed by atoms with Gasteiger partial charge in [0.05, 0.1) is 6.61 Å². The monoisotopic (exact) mass is 370 g/mol. The summed E-state index contributed by atoms with van der Waals surface area (Å²) in [5, 5.41) is 72.6. The van der Waals surface area contributed by atoms with Crippen LogP contribution in [0.5, 0.6) is 0 Å². The van der Waals surface area contributed by atoms with Crippen LogP contribution in [-0.4, -0.2) is 114 Å². The van der Waals surface area contributed by atoms with E-state index in [0.29, 0.717) is 0 Å². The highest BCUT2D eigenvalue weighted by Crippen LogP contribution is 2.10. The minimum absolute atomic E-state index is 0.293. The largest absolute Gasteiger partial charge is 0.479 e. The van der Waals surface area contributed by atoms with Crippen molar-refractivity contribution in [3.05, 3.63) is 0 Å². The molecule has 0 bridgehead atoms. The van der Waals surface area contributed by atoms with Crippen molar-refractivity contribution in [1.82, 2.24) is 0 Å². The molecule has 0 amide bonds. The Labute approximate surface area is 139 Å². The summed E-state index contributed by atoms with van der Waals surface area (Å²) in [5.74, 6) is -5.81. The first-order chi connectivity index (χ1) is 11.5. The number of aliphatic carboxylic acids is 1. The molecule has 0 spiro atoms. The number of aldehydes is 1. The zero-order valence-corrected chi connectivity index (χ0v) is 12.4. The first-order valence-corrected chi connectivity index (χ1v) is 6.61. The van der Waals surface area contributed by atoms with E-state index >= 15 is 0 Å². The van der Waals surface area contributed by atoms with Gasteiger partial charge in [0.2, 0.25) is 0 Å². The van der Waals surface area contributed by atoms with Crippen LogP contribution in [0.1, 0.15) is 0 Å². The zero-order chi connectivity index (χ0) is 19.9. The molecule has 0 radical (unpaired) electrons. The van der Waals surface area contributed by atoms with Gasteiger partial charge in [-0.2, -0.15) is 0 Å². The van der Waals surface area contributed by atoms with Gasteiger partial charge < -0.3 is 45.6 Å². The molecule has 0 heterocycles. The third-order valence-electron chi connectivity index (χ3n) is 3.01. The van der Waals surface area contributed by atoms with Crippen LogP contribution in [0.2, 0.25) is 0 Å². The minimum Gasteiger partial charge on any atom is -0.479 e. The summed E-state index contributed by atoms with van der Waals surface area (Å²) in [5.41, 5.74) is 0. The van der Waals surface area contributed by atoms with Gasteiger partial charge in [0, 0.05) is 0 Å². The van der Waals surface area contributed by atoms with E-state index in [2.05, 4.69) is 4.74 Å². The van der Waals surface area contributed by atoms with Crippen molar-refractivity contribution in [3.8, 4) is 0 Å². The molecule has 7 atom stereocenters. The number of ether oxygens (including phenoxy) is 1. The first-order valence-electron chi connectivity index (χ1n) is 6.61. The molecule has 0 aromatic heterocycles. The number of esters is 1. The lowest BCUT2D eigenvalue weighted by Gasteiger charge is -2.25. The SMILES string of the molecule is O=C[C@H](OC(=O)C(=O)[C@H](O)[C@@H](O)[C@@H](O)CO)[C@H](O)[C@@H](O)[C@H](O)C(=O)O. The molecular formula is C12H18O13. The van der Waals surface area contributed by atoms with E-state index in [4.69, 9.17) is 20.4 Å². The second-order valence-electron chi connectivity index (χ2n) is 4.82. The van der Waals surface area contributed by atoms with Crippen molar-refractivity contribution in [2.75, 3.05) is 6.61 Å². The Morgan fingerprint density at radius 1 is 0.880 bits per heavy atom. The van der Waals surface area contributed by atoms with Crippen molar-refractivity contribution in [3.63, 3.8) is 0 Å². The molecule has 8 N–H and O–H groups in total. The second-order valence-corrected chi connectivity index (χ2v) is 4.82. The lowest BCUT2D eigenvalue weighted by molar-refractivity contribution is -0.179. The third-order valence-corrected chi connectivity index (χ3v) is 3.01. The van der Waals surface area contributed by atoms with Gasteiger partial charge in [-0.05, 0) is 0 Å². The van der Waals surface area contributed by atoms with Crippen molar-refractivity contribution >= 4 is 24.0 Å². The van der Waals surface area contributed by atoms with Crippen LogP contribution < -0.4 is 0 Å². The quantitative estimate of drug-likeness (QED) is 0.0960. The maximum atomic E-state index is 11.5. The number of ketones is 1. The van der Waals surface area contributed by atoms with Crippen molar-refractivity contribution in [2.24, 2.45) is 0 Å². The number of aliphatic hydroxyl groups excluding tert-OH is 7. The van der Waals surface area contributed by atoms with E-state index in [0.717, 1.165) is 0 Å². The van der Waals surface area contributed by atoms with Gasteiger partial charge in [-0.1, -0.05) is 0 Å². The highest BCUT2D eigenvalue weighted by Gasteiger charge is 2.40. The maximum Gasteiger partial charge on any atom is 0.378 e. The fourth-order valence-electron chi connectivity index (χ4n) is 1.48. The second kappa shape index (κ2) is 10.1. The predicted octanol–water partition coefficient (Wildman–Crippen LogP) is -6.09. The number of carbonyl (C=O) groups excluding carboxylic acids is 3. The Morgan fingerprint density at radius 3 is 1.80 bits per heavy atom. The molecule has 0 aliphatic heterocycles. The van der Waals surface area contributed by atoms with Gasteiger partial charge in [-0.15, -0.1) is 0 Å². The molecule has 0 saturated heterocycles. The molecular weight excluding hydrogens is 352 g/mol. The highest BCUT2D eigenvalue weighted by atomic mass is 16.6. The predicted molar refractivity (Wildman–Crippen MR) is 71.7 cm³/mol. The van der Waals surface area contributed by atoms with E-state index in [1.54, 1.807) is 0 Å². The third kappa shape index (κ3) is 6.09. The summed E-state index contributed by atoms with van der Waals surface area (Å²) < 4.78 is 4.17. The van der Waals surface area contributed by atoms with E-state index in [9.17, 15) is 39.6 Å². The Morgan fingerprint density at radius 2 is 1.40 bits per heavy atom. The summed E-state index contributed by atoms with van der Waals surface area (Å²) in [6.07, 6.45) is -16.8. The molecule has 0 aromatic rings. The van der Waals surface area contributed by atoms with Crippen LogP contribution in [0, 0.1) is 0 Å². The molecule has 0 rings (SSSR count). The van der Waals surface area contributed by atoms with Crippen LogP contribution in [0.4, 0.5) is 0 Å². The normalized spacial score (nSPS) is 19.6. The van der Waals surface area contributed by atoms with E-state index in [1.165, 1.54) is 0 Å². The Bertz CT molecular complexity index is 491. The summed E-state index contributed by atoms with van der Waals surface area (Å²) in [6, 6.07) is 0. The van der Waals surface area contributed by atoms with Gasteiger partial charge >= 0.3 is 11.9 Å². The van der Waals surface area contributed by atoms with Gasteiger partial charge in [-0.3, -0.25) is 9.59 Å². The molecule has 0 fully saturated rings. The zero-order valence-electron chi connectivity index (χ0n) is 12.4. The number of carbonyl (C=O) groups is 4. The summed E-state index contributed by atoms with van der Waals surface area (Å²) >= 11 is 0. The lowest BCUT2D eigenvalue weighted by atomic mass is 10.0. The van der Waals surface area contributed by atoms with E-state index in [1.807, 2.05) is 0 Å². The molecule has 144 valence electrons. The molecule has 13 heteroatoms. The highest BCUT2D eigenvalue weighted by molar-refractivity contribution is 6.35. The minimum atomic E-state index is -2.55. The van der Waals surface area contributed by atoms with Gasteiger partial charge in [0.15, 0.2) is 24.6 Å². The fourth-order valence-corrected chi connectivity index (χ4v) is 1.48. The molecule has 0 aliphatic rings. The Hall–Kier alpha value is -2.00. The topological polar surface area (TPSA) is 239 Å². The van der Waals surface area contributed by atoms with Crippen molar-refractivity contribution < 1.29 is 64.8 Å². The standard InChI is InChI=1S/C12H18O13/c13-1-3(15)5(16)7(18)10(21)12(24)25-4(2-14)6(17)8(19)9(20)11(22)23/h2-9,13,15-20H,1H2,(H,22,23)/t3-,4-,5-,6-,7+,8+,9-/m0/s1. The van der Waals surface area contributed by atoms with Crippen molar-refractivity contribution in [1.29, 1.82) is 0 Å². The van der Waals surface area contributed by atoms with Crippen LogP contribution in [0.25, 0.3) is 0 Å². The number of carboxylic acid groups (broad SMARTS) is 1. The number of aliphatic hydroxyl groups is 7. The molecule has 25 heavy (non-hydrogen) atoms. The maximum absolute atomic E-state index is 11.5. The number of Topliss-reactive ketones (excluding diaryl/α,β-unsaturated/α-hetero) is 1. The van der Waals surface area contributed by atoms with Crippen LogP contribution >= 0.6 is 0 Å². The summed E-state index contributed by atoms with van der Waals surface area (Å²) in [4.78, 5) is 44.2. The average Bonchev–Trinajstić information content (AvgIpc) is 2.60. The number of hydrogen-bond acceptors (Lipinski definition) is 12.